The lowest BCUT2D eigenvalue weighted by atomic mass is 9.63. The van der Waals surface area contributed by atoms with Gasteiger partial charge >= 0.3 is 0 Å². The molecular formula is C20H20N2O2. The normalized spacial score (nSPS) is 31.3. The Hall–Kier alpha value is -2.36. The topological polar surface area (TPSA) is 53.2 Å². The van der Waals surface area contributed by atoms with Gasteiger partial charge in [0.25, 0.3) is 0 Å². The van der Waals surface area contributed by atoms with Crippen molar-refractivity contribution in [3.63, 3.8) is 0 Å². The van der Waals surface area contributed by atoms with E-state index >= 15 is 0 Å². The summed E-state index contributed by atoms with van der Waals surface area (Å²) in [4.78, 5) is 30.9. The molecule has 1 aromatic carbocycles. The number of H-pyrrole nitrogens is 1. The summed E-state index contributed by atoms with van der Waals surface area (Å²) in [5.74, 6) is 0.168. The van der Waals surface area contributed by atoms with Gasteiger partial charge in [0.15, 0.2) is 0 Å². The van der Waals surface area contributed by atoms with Gasteiger partial charge in [-0.3, -0.25) is 9.59 Å². The summed E-state index contributed by atoms with van der Waals surface area (Å²) in [5, 5.41) is 1.08. The zero-order valence-corrected chi connectivity index (χ0v) is 13.9. The maximum Gasteiger partial charge on any atom is 0.238 e. The van der Waals surface area contributed by atoms with Gasteiger partial charge in [-0.05, 0) is 62.3 Å². The van der Waals surface area contributed by atoms with Crippen molar-refractivity contribution in [3.8, 4) is 0 Å². The Labute approximate surface area is 140 Å². The van der Waals surface area contributed by atoms with Crippen LogP contribution in [-0.2, 0) is 9.59 Å². The number of aromatic amines is 1. The molecule has 2 fully saturated rings. The molecule has 3 aliphatic carbocycles. The summed E-state index contributed by atoms with van der Waals surface area (Å²) in [5.41, 5.74) is 4.06. The molecule has 2 unspecified atom stereocenters. The number of fused-ring (bicyclic) bond motifs is 2. The molecule has 2 bridgehead atoms. The highest BCUT2D eigenvalue weighted by Gasteiger charge is 2.56. The molecule has 4 nitrogen and oxygen atoms in total. The number of imide groups is 1. The number of nitrogens with one attached hydrogen (secondary N) is 1. The quantitative estimate of drug-likeness (QED) is 0.646. The fourth-order valence-electron chi connectivity index (χ4n) is 4.92. The number of hydrogen-bond donors (Lipinski definition) is 1. The number of carbonyl (C=O) groups excluding carboxylic acids is 2. The molecule has 1 saturated carbocycles. The van der Waals surface area contributed by atoms with E-state index in [1.54, 1.807) is 0 Å². The third kappa shape index (κ3) is 1.63. The maximum absolute atomic E-state index is 13.0. The third-order valence-corrected chi connectivity index (χ3v) is 6.31. The molecule has 4 heteroatoms. The predicted molar refractivity (Wildman–Crippen MR) is 92.6 cm³/mol. The number of carbonyl (C=O) groups is 2. The number of hydrogen-bond acceptors (Lipinski definition) is 2. The fourth-order valence-corrected chi connectivity index (χ4v) is 4.92. The number of allylic oxidation sites excluding steroid dienone is 2. The molecule has 4 atom stereocenters. The molecule has 6 rings (SSSR count). The summed E-state index contributed by atoms with van der Waals surface area (Å²) in [7, 11) is 0. The van der Waals surface area contributed by atoms with Crippen LogP contribution in [0, 0.1) is 37.5 Å². The van der Waals surface area contributed by atoms with Gasteiger partial charge in [-0.25, -0.2) is 4.90 Å². The number of aryl methyl sites for hydroxylation is 2. The highest BCUT2D eigenvalue weighted by molar-refractivity contribution is 6.23. The van der Waals surface area contributed by atoms with Crippen LogP contribution in [0.25, 0.3) is 10.9 Å². The zero-order valence-electron chi connectivity index (χ0n) is 13.9. The molecule has 24 heavy (non-hydrogen) atoms. The van der Waals surface area contributed by atoms with Gasteiger partial charge in [0.05, 0.1) is 17.5 Å². The van der Waals surface area contributed by atoms with E-state index in [1.807, 2.05) is 25.1 Å². The molecule has 2 amide bonds. The first-order valence-corrected chi connectivity index (χ1v) is 8.71. The number of anilines is 1. The maximum atomic E-state index is 13.0. The molecule has 2 heterocycles. The smallest absolute Gasteiger partial charge is 0.238 e. The Bertz CT molecular complexity index is 891. The number of nitrogens with zero attached hydrogens (tertiary/aromatic N) is 1. The lowest BCUT2D eigenvalue weighted by Crippen LogP contribution is -2.38. The zero-order chi connectivity index (χ0) is 16.6. The predicted octanol–water partition coefficient (Wildman–Crippen LogP) is 3.49. The van der Waals surface area contributed by atoms with Crippen LogP contribution < -0.4 is 4.90 Å². The minimum atomic E-state index is -0.147. The molecular weight excluding hydrogens is 300 g/mol. The monoisotopic (exact) mass is 320 g/mol. The summed E-state index contributed by atoms with van der Waals surface area (Å²) in [6, 6.07) is 5.84. The second-order valence-corrected chi connectivity index (χ2v) is 7.46. The molecule has 1 aliphatic heterocycles. The van der Waals surface area contributed by atoms with Crippen LogP contribution in [-0.4, -0.2) is 16.8 Å². The second-order valence-electron chi connectivity index (χ2n) is 7.46. The minimum Gasteiger partial charge on any atom is -0.358 e. The summed E-state index contributed by atoms with van der Waals surface area (Å²) in [6.07, 6.45) is 6.38. The Kier molecular flexibility index (Phi) is 2.68. The van der Waals surface area contributed by atoms with Crippen LogP contribution >= 0.6 is 0 Å². The average Bonchev–Trinajstić information content (AvgIpc) is 3.04. The van der Waals surface area contributed by atoms with E-state index in [0.29, 0.717) is 5.69 Å². The van der Waals surface area contributed by atoms with Crippen LogP contribution in [0.2, 0.25) is 0 Å². The molecule has 1 aromatic heterocycles. The van der Waals surface area contributed by atoms with Gasteiger partial charge in [0, 0.05) is 16.6 Å². The lowest BCUT2D eigenvalue weighted by molar-refractivity contribution is -0.124. The number of amides is 2. The van der Waals surface area contributed by atoms with E-state index in [0.717, 1.165) is 29.4 Å². The number of aromatic nitrogens is 1. The van der Waals surface area contributed by atoms with Crippen LogP contribution in [0.4, 0.5) is 5.69 Å². The molecule has 2 aromatic rings. The molecule has 0 radical (unpaired) electrons. The summed E-state index contributed by atoms with van der Waals surface area (Å²) in [6.45, 7) is 4.11. The van der Waals surface area contributed by atoms with Gasteiger partial charge in [-0.1, -0.05) is 12.2 Å². The van der Waals surface area contributed by atoms with Gasteiger partial charge in [0.1, 0.15) is 0 Å². The van der Waals surface area contributed by atoms with E-state index in [4.69, 9.17) is 0 Å². The van der Waals surface area contributed by atoms with E-state index in [1.165, 1.54) is 10.5 Å². The Morgan fingerprint density at radius 3 is 2.21 bits per heavy atom. The van der Waals surface area contributed by atoms with Crippen molar-refractivity contribution in [2.45, 2.75) is 26.7 Å². The van der Waals surface area contributed by atoms with Crippen molar-refractivity contribution in [2.75, 3.05) is 4.90 Å². The van der Waals surface area contributed by atoms with Crippen LogP contribution in [0.3, 0.4) is 0 Å². The second kappa shape index (κ2) is 4.59. The average molecular weight is 320 g/mol. The highest BCUT2D eigenvalue weighted by Crippen LogP contribution is 2.50. The Morgan fingerprint density at radius 1 is 1.00 bits per heavy atom. The van der Waals surface area contributed by atoms with Gasteiger partial charge in [0.2, 0.25) is 11.8 Å². The number of benzene rings is 1. The van der Waals surface area contributed by atoms with Gasteiger partial charge < -0.3 is 4.98 Å². The van der Waals surface area contributed by atoms with E-state index < -0.39 is 0 Å². The summed E-state index contributed by atoms with van der Waals surface area (Å²) < 4.78 is 0. The van der Waals surface area contributed by atoms with Crippen molar-refractivity contribution in [3.05, 3.63) is 41.6 Å². The largest absolute Gasteiger partial charge is 0.358 e. The van der Waals surface area contributed by atoms with Crippen molar-refractivity contribution >= 4 is 28.4 Å². The first kappa shape index (κ1) is 14.0. The van der Waals surface area contributed by atoms with Crippen LogP contribution in [0.1, 0.15) is 24.1 Å². The van der Waals surface area contributed by atoms with E-state index in [2.05, 4.69) is 24.1 Å². The first-order valence-electron chi connectivity index (χ1n) is 8.71. The molecule has 0 spiro atoms. The minimum absolute atomic E-state index is 0.00619. The molecule has 122 valence electrons. The standard InChI is InChI=1S/C20H20N2O2/c1-10-11(2)21-16-8-7-14(9-15(10)16)22-19(23)17-12-3-4-13(6-5-12)18(17)20(22)24/h3-4,7-9,12-13,17-18,21H,5-6H2,1-2H3/t12-,13?,17-,18?/m0/s1. The van der Waals surface area contributed by atoms with Gasteiger partial charge in [-0.2, -0.15) is 0 Å². The van der Waals surface area contributed by atoms with E-state index in [-0.39, 0.29) is 35.5 Å². The lowest BCUT2D eigenvalue weighted by Gasteiger charge is -2.38. The molecule has 4 aliphatic rings. The summed E-state index contributed by atoms with van der Waals surface area (Å²) >= 11 is 0. The Morgan fingerprint density at radius 2 is 1.62 bits per heavy atom. The fraction of sp³-hybridized carbons (Fsp3) is 0.400. The van der Waals surface area contributed by atoms with Crippen LogP contribution in [0.15, 0.2) is 30.4 Å². The number of rotatable bonds is 1. The van der Waals surface area contributed by atoms with Crippen molar-refractivity contribution < 1.29 is 9.59 Å². The molecule has 1 N–H and O–H groups in total. The SMILES string of the molecule is Cc1[nH]c2ccc(N3C(=O)C4C5C=C[C@@H](CC5)[C@@H]4C3=O)cc2c1C. The van der Waals surface area contributed by atoms with Crippen molar-refractivity contribution in [2.24, 2.45) is 23.7 Å². The van der Waals surface area contributed by atoms with Gasteiger partial charge in [-0.15, -0.1) is 0 Å². The molecule has 1 saturated heterocycles. The van der Waals surface area contributed by atoms with E-state index in [9.17, 15) is 9.59 Å². The highest BCUT2D eigenvalue weighted by atomic mass is 16.2. The van der Waals surface area contributed by atoms with Crippen LogP contribution in [0.5, 0.6) is 0 Å². The third-order valence-electron chi connectivity index (χ3n) is 6.31. The van der Waals surface area contributed by atoms with Crippen molar-refractivity contribution in [1.29, 1.82) is 0 Å². The Balaban J connectivity index is 1.61. The van der Waals surface area contributed by atoms with Crippen molar-refractivity contribution in [1.82, 2.24) is 4.98 Å². The first-order chi connectivity index (χ1) is 11.6.